The summed E-state index contributed by atoms with van der Waals surface area (Å²) in [6.07, 6.45) is 0.996. The van der Waals surface area contributed by atoms with E-state index in [-0.39, 0.29) is 24.4 Å². The van der Waals surface area contributed by atoms with Crippen molar-refractivity contribution in [3.8, 4) is 0 Å². The maximum Gasteiger partial charge on any atom is 0.236 e. The number of nitrogens with zero attached hydrogens (tertiary/aromatic N) is 2. The van der Waals surface area contributed by atoms with Crippen LogP contribution in [0.4, 0.5) is 0 Å². The number of nitrogens with two attached hydrogens (primary N) is 1. The molecule has 2 N–H and O–H groups in total. The van der Waals surface area contributed by atoms with Crippen LogP contribution >= 0.6 is 12.4 Å². The minimum atomic E-state index is 0. The van der Waals surface area contributed by atoms with E-state index >= 15 is 0 Å². The van der Waals surface area contributed by atoms with Gasteiger partial charge in [-0.15, -0.1) is 12.4 Å². The van der Waals surface area contributed by atoms with Crippen LogP contribution in [0.5, 0.6) is 0 Å². The maximum absolute atomic E-state index is 12.1. The molecule has 1 aromatic carbocycles. The van der Waals surface area contributed by atoms with Gasteiger partial charge in [-0.1, -0.05) is 30.3 Å². The number of hydrogen-bond donors (Lipinski definition) is 1. The fraction of sp³-hybridized carbons (Fsp3) is 0.500. The van der Waals surface area contributed by atoms with Gasteiger partial charge < -0.3 is 10.6 Å². The standard InChI is InChI=1S/C14H21N3O.ClH/c1-16(9-12-5-3-2-4-6-12)14(18)11-17-8-7-13(15)10-17;/h2-6,13H,7-11,15H2,1H3;1H/t13-;/m1./s1. The number of halogens is 1. The first kappa shape index (κ1) is 16.0. The van der Waals surface area contributed by atoms with Gasteiger partial charge >= 0.3 is 0 Å². The van der Waals surface area contributed by atoms with Gasteiger partial charge in [0, 0.05) is 32.7 Å². The van der Waals surface area contributed by atoms with Crippen molar-refractivity contribution in [1.29, 1.82) is 0 Å². The van der Waals surface area contributed by atoms with Crippen LogP contribution in [-0.2, 0) is 11.3 Å². The lowest BCUT2D eigenvalue weighted by Gasteiger charge is -2.21. The van der Waals surface area contributed by atoms with E-state index < -0.39 is 0 Å². The summed E-state index contributed by atoms with van der Waals surface area (Å²) in [6.45, 7) is 2.92. The molecule has 0 aromatic heterocycles. The highest BCUT2D eigenvalue weighted by atomic mass is 35.5. The van der Waals surface area contributed by atoms with E-state index in [1.165, 1.54) is 0 Å². The van der Waals surface area contributed by atoms with Crippen molar-refractivity contribution in [3.05, 3.63) is 35.9 Å². The van der Waals surface area contributed by atoms with Crippen LogP contribution < -0.4 is 5.73 Å². The topological polar surface area (TPSA) is 49.6 Å². The van der Waals surface area contributed by atoms with E-state index in [0.717, 1.165) is 25.1 Å². The van der Waals surface area contributed by atoms with Crippen molar-refractivity contribution in [2.24, 2.45) is 5.73 Å². The Hall–Kier alpha value is -1.10. The summed E-state index contributed by atoms with van der Waals surface area (Å²) in [5.41, 5.74) is 6.99. The van der Waals surface area contributed by atoms with E-state index in [1.54, 1.807) is 4.90 Å². The molecule has 0 unspecified atom stereocenters. The summed E-state index contributed by atoms with van der Waals surface area (Å²) in [6, 6.07) is 10.3. The van der Waals surface area contributed by atoms with Crippen LogP contribution in [-0.4, -0.2) is 48.4 Å². The van der Waals surface area contributed by atoms with Crippen LogP contribution in [0.25, 0.3) is 0 Å². The zero-order valence-corrected chi connectivity index (χ0v) is 12.1. The molecular formula is C14H22ClN3O. The number of likely N-dealkylation sites (tertiary alicyclic amines) is 1. The Bertz CT molecular complexity index is 399. The zero-order chi connectivity index (χ0) is 13.0. The lowest BCUT2D eigenvalue weighted by molar-refractivity contribution is -0.131. The van der Waals surface area contributed by atoms with Crippen molar-refractivity contribution in [2.45, 2.75) is 19.0 Å². The summed E-state index contributed by atoms with van der Waals surface area (Å²) in [5, 5.41) is 0. The van der Waals surface area contributed by atoms with Gasteiger partial charge in [-0.25, -0.2) is 0 Å². The zero-order valence-electron chi connectivity index (χ0n) is 11.3. The monoisotopic (exact) mass is 283 g/mol. The van der Waals surface area contributed by atoms with Gasteiger partial charge in [0.2, 0.25) is 5.91 Å². The van der Waals surface area contributed by atoms with Crippen LogP contribution in [0.15, 0.2) is 30.3 Å². The largest absolute Gasteiger partial charge is 0.340 e. The molecule has 2 rings (SSSR count). The van der Waals surface area contributed by atoms with Gasteiger partial charge in [-0.3, -0.25) is 9.69 Å². The second-order valence-electron chi connectivity index (χ2n) is 5.02. The summed E-state index contributed by atoms with van der Waals surface area (Å²) >= 11 is 0. The Labute approximate surface area is 121 Å². The molecule has 0 radical (unpaired) electrons. The average molecular weight is 284 g/mol. The molecule has 1 atom stereocenters. The Balaban J connectivity index is 0.00000180. The quantitative estimate of drug-likeness (QED) is 0.900. The molecular weight excluding hydrogens is 262 g/mol. The molecule has 106 valence electrons. The molecule has 0 spiro atoms. The lowest BCUT2D eigenvalue weighted by atomic mass is 10.2. The molecule has 0 bridgehead atoms. The minimum absolute atomic E-state index is 0. The van der Waals surface area contributed by atoms with Crippen molar-refractivity contribution in [1.82, 2.24) is 9.80 Å². The maximum atomic E-state index is 12.1. The third kappa shape index (κ3) is 4.82. The first-order valence-electron chi connectivity index (χ1n) is 6.41. The molecule has 1 saturated heterocycles. The summed E-state index contributed by atoms with van der Waals surface area (Å²) < 4.78 is 0. The highest BCUT2D eigenvalue weighted by Crippen LogP contribution is 2.08. The molecule has 4 nitrogen and oxygen atoms in total. The molecule has 0 saturated carbocycles. The second-order valence-corrected chi connectivity index (χ2v) is 5.02. The van der Waals surface area contributed by atoms with Crippen LogP contribution in [0.2, 0.25) is 0 Å². The number of amides is 1. The van der Waals surface area contributed by atoms with Gasteiger partial charge in [-0.05, 0) is 12.0 Å². The van der Waals surface area contributed by atoms with Crippen molar-refractivity contribution < 1.29 is 4.79 Å². The minimum Gasteiger partial charge on any atom is -0.340 e. The predicted molar refractivity (Wildman–Crippen MR) is 79.2 cm³/mol. The molecule has 1 heterocycles. The molecule has 0 aliphatic carbocycles. The fourth-order valence-corrected chi connectivity index (χ4v) is 2.26. The average Bonchev–Trinajstić information content (AvgIpc) is 2.76. The SMILES string of the molecule is CN(Cc1ccccc1)C(=O)CN1CC[C@@H](N)C1.Cl. The van der Waals surface area contributed by atoms with Gasteiger partial charge in [0.25, 0.3) is 0 Å². The number of likely N-dealkylation sites (N-methyl/N-ethyl adjacent to an activating group) is 1. The van der Waals surface area contributed by atoms with Gasteiger partial charge in [0.1, 0.15) is 0 Å². The number of benzene rings is 1. The second kappa shape index (κ2) is 7.48. The lowest BCUT2D eigenvalue weighted by Crippen LogP contribution is -2.38. The Kier molecular flexibility index (Phi) is 6.28. The number of carbonyl (C=O) groups is 1. The first-order chi connectivity index (χ1) is 8.65. The normalized spacial score (nSPS) is 18.9. The first-order valence-corrected chi connectivity index (χ1v) is 6.41. The Morgan fingerprint density at radius 1 is 1.42 bits per heavy atom. The number of rotatable bonds is 4. The Morgan fingerprint density at radius 2 is 2.11 bits per heavy atom. The third-order valence-corrected chi connectivity index (χ3v) is 3.36. The Morgan fingerprint density at radius 3 is 2.68 bits per heavy atom. The van der Waals surface area contributed by atoms with E-state index in [2.05, 4.69) is 4.90 Å². The van der Waals surface area contributed by atoms with Crippen LogP contribution in [0.1, 0.15) is 12.0 Å². The van der Waals surface area contributed by atoms with Crippen LogP contribution in [0.3, 0.4) is 0 Å². The highest BCUT2D eigenvalue weighted by Gasteiger charge is 2.22. The van der Waals surface area contributed by atoms with Gasteiger partial charge in [0.15, 0.2) is 0 Å². The highest BCUT2D eigenvalue weighted by molar-refractivity contribution is 5.85. The number of carbonyl (C=O) groups excluding carboxylic acids is 1. The van der Waals surface area contributed by atoms with E-state index in [4.69, 9.17) is 5.73 Å². The molecule has 5 heteroatoms. The van der Waals surface area contributed by atoms with Crippen molar-refractivity contribution in [2.75, 3.05) is 26.7 Å². The van der Waals surface area contributed by atoms with Gasteiger partial charge in [-0.2, -0.15) is 0 Å². The molecule has 1 fully saturated rings. The predicted octanol–water partition coefficient (Wildman–Crippen LogP) is 1.10. The molecule has 1 aliphatic heterocycles. The molecule has 1 aromatic rings. The van der Waals surface area contributed by atoms with Crippen molar-refractivity contribution >= 4 is 18.3 Å². The van der Waals surface area contributed by atoms with E-state index in [0.29, 0.717) is 13.1 Å². The molecule has 1 amide bonds. The van der Waals surface area contributed by atoms with E-state index in [9.17, 15) is 4.79 Å². The summed E-state index contributed by atoms with van der Waals surface area (Å²) in [7, 11) is 1.85. The smallest absolute Gasteiger partial charge is 0.236 e. The fourth-order valence-electron chi connectivity index (χ4n) is 2.26. The number of hydrogen-bond acceptors (Lipinski definition) is 3. The van der Waals surface area contributed by atoms with E-state index in [1.807, 2.05) is 37.4 Å². The summed E-state index contributed by atoms with van der Waals surface area (Å²) in [5.74, 6) is 0.160. The van der Waals surface area contributed by atoms with Crippen LogP contribution in [0, 0.1) is 0 Å². The third-order valence-electron chi connectivity index (χ3n) is 3.36. The molecule has 19 heavy (non-hydrogen) atoms. The molecule has 1 aliphatic rings. The summed E-state index contributed by atoms with van der Waals surface area (Å²) in [4.78, 5) is 16.0. The van der Waals surface area contributed by atoms with Crippen molar-refractivity contribution in [3.63, 3.8) is 0 Å². The van der Waals surface area contributed by atoms with Gasteiger partial charge in [0.05, 0.1) is 6.54 Å².